The van der Waals surface area contributed by atoms with E-state index in [1.54, 1.807) is 13.2 Å². The molecule has 0 spiro atoms. The van der Waals surface area contributed by atoms with Crippen molar-refractivity contribution in [2.24, 2.45) is 5.92 Å². The Bertz CT molecular complexity index is 643. The number of nitrogens with one attached hydrogen (secondary N) is 1. The van der Waals surface area contributed by atoms with Crippen molar-refractivity contribution in [1.29, 1.82) is 0 Å². The monoisotopic (exact) mass is 335 g/mol. The van der Waals surface area contributed by atoms with Crippen LogP contribution in [-0.2, 0) is 11.2 Å². The number of benzene rings is 1. The largest absolute Gasteiger partial charge is 0.493 e. The molecule has 0 radical (unpaired) electrons. The molecular weight excluding hydrogens is 314 g/mol. The van der Waals surface area contributed by atoms with Gasteiger partial charge in [0.1, 0.15) is 5.01 Å². The van der Waals surface area contributed by atoms with Gasteiger partial charge < -0.3 is 14.8 Å². The van der Waals surface area contributed by atoms with E-state index in [9.17, 15) is 4.79 Å². The van der Waals surface area contributed by atoms with Crippen molar-refractivity contribution in [3.63, 3.8) is 0 Å². The van der Waals surface area contributed by atoms with E-state index in [1.807, 2.05) is 18.2 Å². The second kappa shape index (κ2) is 8.47. The van der Waals surface area contributed by atoms with Crippen LogP contribution in [0.3, 0.4) is 0 Å². The smallest absolute Gasteiger partial charge is 0.229 e. The number of ether oxygens (including phenoxy) is 2. The maximum atomic E-state index is 11.9. The van der Waals surface area contributed by atoms with Crippen LogP contribution < -0.4 is 14.8 Å². The molecule has 23 heavy (non-hydrogen) atoms. The second-order valence-corrected chi connectivity index (χ2v) is 6.46. The highest BCUT2D eigenvalue weighted by Crippen LogP contribution is 2.25. The first kappa shape index (κ1) is 17.2. The summed E-state index contributed by atoms with van der Waals surface area (Å²) >= 11 is 1.41. The van der Waals surface area contributed by atoms with Crippen molar-refractivity contribution >= 4 is 22.4 Å². The summed E-state index contributed by atoms with van der Waals surface area (Å²) in [6, 6.07) is 7.34. The van der Waals surface area contributed by atoms with Gasteiger partial charge in [0, 0.05) is 6.42 Å². The number of rotatable bonds is 8. The van der Waals surface area contributed by atoms with Crippen molar-refractivity contribution < 1.29 is 14.3 Å². The molecule has 2 rings (SSSR count). The van der Waals surface area contributed by atoms with Gasteiger partial charge >= 0.3 is 0 Å². The Morgan fingerprint density at radius 2 is 2.00 bits per heavy atom. The fourth-order valence-electron chi connectivity index (χ4n) is 1.91. The minimum atomic E-state index is -0.146. The molecule has 2 aromatic rings. The molecule has 1 aromatic carbocycles. The predicted octanol–water partition coefficient (Wildman–Crippen LogP) is 3.15. The fraction of sp³-hybridized carbons (Fsp3) is 0.438. The molecule has 0 saturated heterocycles. The first-order valence-electron chi connectivity index (χ1n) is 7.46. The van der Waals surface area contributed by atoms with Crippen LogP contribution in [0, 0.1) is 5.92 Å². The van der Waals surface area contributed by atoms with E-state index < -0.39 is 0 Å². The average Bonchev–Trinajstić information content (AvgIpc) is 2.93. The molecule has 124 valence electrons. The molecular formula is C16H21N3O3S. The summed E-state index contributed by atoms with van der Waals surface area (Å²) in [7, 11) is 1.58. The van der Waals surface area contributed by atoms with Crippen molar-refractivity contribution in [2.45, 2.75) is 26.7 Å². The van der Waals surface area contributed by atoms with Crippen LogP contribution in [0.15, 0.2) is 24.3 Å². The molecule has 0 unspecified atom stereocenters. The number of anilines is 1. The van der Waals surface area contributed by atoms with Gasteiger partial charge in [-0.2, -0.15) is 0 Å². The molecule has 0 aliphatic carbocycles. The first-order chi connectivity index (χ1) is 11.1. The summed E-state index contributed by atoms with van der Waals surface area (Å²) in [4.78, 5) is 11.9. The van der Waals surface area contributed by atoms with Gasteiger partial charge in [-0.1, -0.05) is 37.3 Å². The van der Waals surface area contributed by atoms with Crippen molar-refractivity contribution in [2.75, 3.05) is 19.0 Å². The fourth-order valence-corrected chi connectivity index (χ4v) is 2.88. The van der Waals surface area contributed by atoms with E-state index in [1.165, 1.54) is 11.3 Å². The number of hydrogen-bond donors (Lipinski definition) is 1. The molecule has 0 aliphatic heterocycles. The van der Waals surface area contributed by atoms with Crippen LogP contribution in [0.2, 0.25) is 0 Å². The highest BCUT2D eigenvalue weighted by Gasteiger charge is 2.10. The molecule has 1 heterocycles. The molecule has 7 heteroatoms. The number of para-hydroxylation sites is 2. The Labute approximate surface area is 139 Å². The van der Waals surface area contributed by atoms with Crippen LogP contribution in [0.4, 0.5) is 5.13 Å². The Kier molecular flexibility index (Phi) is 6.34. The van der Waals surface area contributed by atoms with Gasteiger partial charge in [-0.25, -0.2) is 0 Å². The Balaban J connectivity index is 1.78. The third kappa shape index (κ3) is 5.52. The van der Waals surface area contributed by atoms with E-state index in [4.69, 9.17) is 9.47 Å². The summed E-state index contributed by atoms with van der Waals surface area (Å²) in [6.45, 7) is 4.51. The molecule has 0 fully saturated rings. The van der Waals surface area contributed by atoms with E-state index in [-0.39, 0.29) is 18.9 Å². The van der Waals surface area contributed by atoms with Crippen LogP contribution in [0.1, 0.15) is 25.3 Å². The van der Waals surface area contributed by atoms with Crippen LogP contribution in [0.25, 0.3) is 0 Å². The lowest BCUT2D eigenvalue weighted by molar-refractivity contribution is -0.116. The standard InChI is InChI=1S/C16H21N3O3S/c1-11(2)10-15-18-19-16(23-15)17-14(20)8-9-22-13-7-5-4-6-12(13)21-3/h4-7,11H,8-10H2,1-3H3,(H,17,19,20). The van der Waals surface area contributed by atoms with E-state index >= 15 is 0 Å². The molecule has 0 bridgehead atoms. The zero-order chi connectivity index (χ0) is 16.7. The summed E-state index contributed by atoms with van der Waals surface area (Å²) in [6.07, 6.45) is 1.10. The second-order valence-electron chi connectivity index (χ2n) is 5.40. The number of carbonyl (C=O) groups is 1. The molecule has 0 aliphatic rings. The molecule has 1 amide bonds. The molecule has 0 atom stereocenters. The van der Waals surface area contributed by atoms with Crippen LogP contribution in [-0.4, -0.2) is 29.8 Å². The topological polar surface area (TPSA) is 73.3 Å². The minimum absolute atomic E-state index is 0.146. The highest BCUT2D eigenvalue weighted by atomic mass is 32.1. The third-order valence-corrected chi connectivity index (χ3v) is 3.81. The molecule has 1 N–H and O–H groups in total. The summed E-state index contributed by atoms with van der Waals surface area (Å²) < 4.78 is 10.8. The summed E-state index contributed by atoms with van der Waals surface area (Å²) in [5.74, 6) is 1.64. The normalized spacial score (nSPS) is 10.6. The van der Waals surface area contributed by atoms with E-state index in [2.05, 4.69) is 29.4 Å². The maximum absolute atomic E-state index is 11.9. The SMILES string of the molecule is COc1ccccc1OCCC(=O)Nc1nnc(CC(C)C)s1. The molecule has 6 nitrogen and oxygen atoms in total. The van der Waals surface area contributed by atoms with Crippen molar-refractivity contribution in [1.82, 2.24) is 10.2 Å². The van der Waals surface area contributed by atoms with Gasteiger partial charge in [-0.3, -0.25) is 4.79 Å². The molecule has 0 saturated carbocycles. The molecule has 1 aromatic heterocycles. The first-order valence-corrected chi connectivity index (χ1v) is 8.28. The van der Waals surface area contributed by atoms with Crippen molar-refractivity contribution in [3.05, 3.63) is 29.3 Å². The summed E-state index contributed by atoms with van der Waals surface area (Å²) in [5.41, 5.74) is 0. The van der Waals surface area contributed by atoms with Gasteiger partial charge in [-0.05, 0) is 18.1 Å². The number of amides is 1. The minimum Gasteiger partial charge on any atom is -0.493 e. The van der Waals surface area contributed by atoms with Gasteiger partial charge in [0.15, 0.2) is 11.5 Å². The number of hydrogen-bond acceptors (Lipinski definition) is 6. The lowest BCUT2D eigenvalue weighted by Crippen LogP contribution is -2.15. The number of carbonyl (C=O) groups excluding carboxylic acids is 1. The zero-order valence-electron chi connectivity index (χ0n) is 13.5. The van der Waals surface area contributed by atoms with Crippen molar-refractivity contribution in [3.8, 4) is 11.5 Å². The van der Waals surface area contributed by atoms with Crippen LogP contribution >= 0.6 is 11.3 Å². The Morgan fingerprint density at radius 3 is 2.70 bits per heavy atom. The number of methoxy groups -OCH3 is 1. The summed E-state index contributed by atoms with van der Waals surface area (Å²) in [5, 5.41) is 12.3. The predicted molar refractivity (Wildman–Crippen MR) is 90.2 cm³/mol. The third-order valence-electron chi connectivity index (χ3n) is 2.95. The van der Waals surface area contributed by atoms with Gasteiger partial charge in [-0.15, -0.1) is 10.2 Å². The average molecular weight is 335 g/mol. The van der Waals surface area contributed by atoms with E-state index in [0.717, 1.165) is 11.4 Å². The Morgan fingerprint density at radius 1 is 1.26 bits per heavy atom. The number of nitrogens with zero attached hydrogens (tertiary/aromatic N) is 2. The van der Waals surface area contributed by atoms with Gasteiger partial charge in [0.2, 0.25) is 11.0 Å². The van der Waals surface area contributed by atoms with Gasteiger partial charge in [0.25, 0.3) is 0 Å². The lowest BCUT2D eigenvalue weighted by atomic mass is 10.1. The zero-order valence-corrected chi connectivity index (χ0v) is 14.4. The highest BCUT2D eigenvalue weighted by molar-refractivity contribution is 7.15. The Hall–Kier alpha value is -2.15. The lowest BCUT2D eigenvalue weighted by Gasteiger charge is -2.09. The van der Waals surface area contributed by atoms with Gasteiger partial charge in [0.05, 0.1) is 20.1 Å². The van der Waals surface area contributed by atoms with Crippen LogP contribution in [0.5, 0.6) is 11.5 Å². The number of aromatic nitrogens is 2. The maximum Gasteiger partial charge on any atom is 0.229 e. The quantitative estimate of drug-likeness (QED) is 0.802. The van der Waals surface area contributed by atoms with E-state index in [0.29, 0.717) is 22.5 Å².